The van der Waals surface area contributed by atoms with Crippen molar-refractivity contribution in [2.45, 2.75) is 18.7 Å². The fourth-order valence-electron chi connectivity index (χ4n) is 3.42. The van der Waals surface area contributed by atoms with E-state index >= 15 is 0 Å². The highest BCUT2D eigenvalue weighted by Crippen LogP contribution is 2.26. The predicted octanol–water partition coefficient (Wildman–Crippen LogP) is 4.36. The molecule has 8 nitrogen and oxygen atoms in total. The number of nitrogens with zero attached hydrogens (tertiary/aromatic N) is 1. The number of ether oxygens (including phenoxy) is 2. The Balaban J connectivity index is 1.67. The van der Waals surface area contributed by atoms with Crippen molar-refractivity contribution < 1.29 is 22.7 Å². The van der Waals surface area contributed by atoms with Gasteiger partial charge in [-0.1, -0.05) is 32.0 Å². The van der Waals surface area contributed by atoms with E-state index in [-0.39, 0.29) is 22.1 Å². The molecule has 0 heterocycles. The number of sulfonamides is 1. The van der Waals surface area contributed by atoms with Crippen LogP contribution in [0.15, 0.2) is 77.7 Å². The van der Waals surface area contributed by atoms with Crippen molar-refractivity contribution in [3.8, 4) is 17.2 Å². The largest absolute Gasteiger partial charge is 0.496 e. The number of hydrogen-bond acceptors (Lipinski definition) is 6. The molecule has 0 aliphatic carbocycles. The van der Waals surface area contributed by atoms with E-state index in [9.17, 15) is 13.2 Å². The van der Waals surface area contributed by atoms with Gasteiger partial charge < -0.3 is 19.7 Å². The molecule has 0 spiro atoms. The van der Waals surface area contributed by atoms with Crippen molar-refractivity contribution in [3.05, 3.63) is 78.4 Å². The molecular weight excluding hydrogens is 466 g/mol. The average Bonchev–Trinajstić information content (AvgIpc) is 2.87. The number of hydrogen-bond donors (Lipinski definition) is 2. The highest BCUT2D eigenvalue weighted by Gasteiger charge is 2.20. The van der Waals surface area contributed by atoms with Crippen molar-refractivity contribution in [1.29, 1.82) is 0 Å². The van der Waals surface area contributed by atoms with Crippen molar-refractivity contribution in [2.75, 3.05) is 38.0 Å². The molecule has 0 unspecified atom stereocenters. The zero-order valence-corrected chi connectivity index (χ0v) is 21.0. The fraction of sp³-hybridized carbons (Fsp3) is 0.269. The van der Waals surface area contributed by atoms with Crippen LogP contribution in [0.5, 0.6) is 17.2 Å². The third-order valence-electron chi connectivity index (χ3n) is 5.42. The fourth-order valence-corrected chi connectivity index (χ4v) is 4.49. The van der Waals surface area contributed by atoms with E-state index in [0.29, 0.717) is 23.7 Å². The molecule has 0 aromatic heterocycles. The van der Waals surface area contributed by atoms with Gasteiger partial charge in [0.1, 0.15) is 17.2 Å². The summed E-state index contributed by atoms with van der Waals surface area (Å²) in [5.74, 6) is 1.13. The third kappa shape index (κ3) is 7.21. The Kier molecular flexibility index (Phi) is 9.11. The topological polar surface area (TPSA) is 97.0 Å². The maximum absolute atomic E-state index is 12.9. The average molecular weight is 498 g/mol. The van der Waals surface area contributed by atoms with E-state index in [0.717, 1.165) is 19.6 Å². The number of carbonyl (C=O) groups excluding carboxylic acids is 1. The van der Waals surface area contributed by atoms with Gasteiger partial charge in [0, 0.05) is 24.8 Å². The minimum Gasteiger partial charge on any atom is -0.496 e. The highest BCUT2D eigenvalue weighted by molar-refractivity contribution is 7.92. The summed E-state index contributed by atoms with van der Waals surface area (Å²) in [5.41, 5.74) is 0.649. The molecule has 0 saturated heterocycles. The maximum Gasteiger partial charge on any atom is 0.262 e. The first kappa shape index (κ1) is 26.1. The molecule has 35 heavy (non-hydrogen) atoms. The normalized spacial score (nSPS) is 11.2. The molecule has 0 atom stereocenters. The molecule has 0 aliphatic rings. The summed E-state index contributed by atoms with van der Waals surface area (Å²) < 4.78 is 39.5. The lowest BCUT2D eigenvalue weighted by molar-refractivity contribution is 0.0945. The number of carbonyl (C=O) groups is 1. The Bertz CT molecular complexity index is 1210. The quantitative estimate of drug-likeness (QED) is 0.386. The van der Waals surface area contributed by atoms with Crippen molar-refractivity contribution in [1.82, 2.24) is 10.2 Å². The van der Waals surface area contributed by atoms with E-state index in [1.165, 1.54) is 25.3 Å². The zero-order valence-electron chi connectivity index (χ0n) is 20.2. The van der Waals surface area contributed by atoms with Gasteiger partial charge >= 0.3 is 0 Å². The summed E-state index contributed by atoms with van der Waals surface area (Å²) in [6.45, 7) is 7.14. The standard InChI is InChI=1S/C26H31N3O5S/c1-4-29(5-2)18-17-27-26(30)24-16-15-23(19-25(24)33-3)35(31,32)28-20-11-13-22(14-12-20)34-21-9-7-6-8-10-21/h6-16,19,28H,4-5,17-18H2,1-3H3,(H,27,30). The molecule has 9 heteroatoms. The number of amides is 1. The third-order valence-corrected chi connectivity index (χ3v) is 6.80. The van der Waals surface area contributed by atoms with Crippen LogP contribution in [0.1, 0.15) is 24.2 Å². The van der Waals surface area contributed by atoms with E-state index in [1.54, 1.807) is 24.3 Å². The van der Waals surface area contributed by atoms with Crippen molar-refractivity contribution in [3.63, 3.8) is 0 Å². The molecule has 0 fully saturated rings. The number of para-hydroxylation sites is 1. The van der Waals surface area contributed by atoms with Gasteiger partial charge in [0.05, 0.1) is 17.6 Å². The molecule has 3 aromatic carbocycles. The van der Waals surface area contributed by atoms with Gasteiger partial charge in [-0.3, -0.25) is 9.52 Å². The van der Waals surface area contributed by atoms with E-state index in [4.69, 9.17) is 9.47 Å². The van der Waals surface area contributed by atoms with Gasteiger partial charge in [0.2, 0.25) is 0 Å². The number of anilines is 1. The summed E-state index contributed by atoms with van der Waals surface area (Å²) in [6, 6.07) is 20.1. The Morgan fingerprint density at radius 1 is 0.914 bits per heavy atom. The number of methoxy groups -OCH3 is 1. The summed E-state index contributed by atoms with van der Waals surface area (Å²) >= 11 is 0. The summed E-state index contributed by atoms with van der Waals surface area (Å²) in [6.07, 6.45) is 0. The first-order chi connectivity index (χ1) is 16.9. The smallest absolute Gasteiger partial charge is 0.262 e. The molecule has 0 aliphatic heterocycles. The van der Waals surface area contributed by atoms with Crippen LogP contribution in [-0.2, 0) is 10.0 Å². The van der Waals surface area contributed by atoms with Gasteiger partial charge in [-0.25, -0.2) is 8.42 Å². The van der Waals surface area contributed by atoms with Gasteiger partial charge in [0.15, 0.2) is 0 Å². The van der Waals surface area contributed by atoms with Crippen LogP contribution in [-0.4, -0.2) is 52.5 Å². The Labute approximate surface area is 206 Å². The first-order valence-corrected chi connectivity index (χ1v) is 12.9. The summed E-state index contributed by atoms with van der Waals surface area (Å²) in [5, 5.41) is 2.86. The summed E-state index contributed by atoms with van der Waals surface area (Å²) in [7, 11) is -2.50. The maximum atomic E-state index is 12.9. The van der Waals surface area contributed by atoms with Crippen LogP contribution in [0.2, 0.25) is 0 Å². The number of benzene rings is 3. The Morgan fingerprint density at radius 2 is 1.57 bits per heavy atom. The Hall–Kier alpha value is -3.56. The van der Waals surface area contributed by atoms with E-state index in [2.05, 4.69) is 28.8 Å². The molecule has 0 saturated carbocycles. The van der Waals surface area contributed by atoms with E-state index < -0.39 is 10.0 Å². The molecule has 1 amide bonds. The van der Waals surface area contributed by atoms with Crippen LogP contribution >= 0.6 is 0 Å². The second-order valence-electron chi connectivity index (χ2n) is 7.69. The molecule has 2 N–H and O–H groups in total. The first-order valence-electron chi connectivity index (χ1n) is 11.4. The van der Waals surface area contributed by atoms with Crippen LogP contribution < -0.4 is 19.5 Å². The Morgan fingerprint density at radius 3 is 2.20 bits per heavy atom. The van der Waals surface area contributed by atoms with Gasteiger partial charge in [-0.15, -0.1) is 0 Å². The number of likely N-dealkylation sites (N-methyl/N-ethyl adjacent to an activating group) is 1. The van der Waals surface area contributed by atoms with Gasteiger partial charge in [-0.05, 0) is 61.6 Å². The molecule has 3 rings (SSSR count). The van der Waals surface area contributed by atoms with Gasteiger partial charge in [-0.2, -0.15) is 0 Å². The minimum atomic E-state index is -3.90. The lowest BCUT2D eigenvalue weighted by atomic mass is 10.2. The van der Waals surface area contributed by atoms with Crippen molar-refractivity contribution >= 4 is 21.6 Å². The van der Waals surface area contributed by atoms with Crippen LogP contribution in [0, 0.1) is 0 Å². The molecule has 0 bridgehead atoms. The predicted molar refractivity (Wildman–Crippen MR) is 137 cm³/mol. The van der Waals surface area contributed by atoms with Crippen LogP contribution in [0.25, 0.3) is 0 Å². The second kappa shape index (κ2) is 12.2. The highest BCUT2D eigenvalue weighted by atomic mass is 32.2. The SMILES string of the molecule is CCN(CC)CCNC(=O)c1ccc(S(=O)(=O)Nc2ccc(Oc3ccccc3)cc2)cc1OC. The van der Waals surface area contributed by atoms with E-state index in [1.807, 2.05) is 30.3 Å². The van der Waals surface area contributed by atoms with Crippen molar-refractivity contribution in [2.24, 2.45) is 0 Å². The molecule has 3 aromatic rings. The monoisotopic (exact) mass is 497 g/mol. The zero-order chi connectivity index (χ0) is 25.3. The lowest BCUT2D eigenvalue weighted by Gasteiger charge is -2.18. The van der Waals surface area contributed by atoms with Gasteiger partial charge in [0.25, 0.3) is 15.9 Å². The number of rotatable bonds is 12. The number of nitrogens with one attached hydrogen (secondary N) is 2. The second-order valence-corrected chi connectivity index (χ2v) is 9.37. The molecule has 0 radical (unpaired) electrons. The summed E-state index contributed by atoms with van der Waals surface area (Å²) in [4.78, 5) is 14.8. The minimum absolute atomic E-state index is 0.0151. The van der Waals surface area contributed by atoms with Crippen LogP contribution in [0.3, 0.4) is 0 Å². The lowest BCUT2D eigenvalue weighted by Crippen LogP contribution is -2.34. The molecular formula is C26H31N3O5S. The van der Waals surface area contributed by atoms with Crippen LogP contribution in [0.4, 0.5) is 5.69 Å². The molecule has 186 valence electrons.